The first kappa shape index (κ1) is 12.2. The Labute approximate surface area is 101 Å². The fourth-order valence-electron chi connectivity index (χ4n) is 1.53. The predicted molar refractivity (Wildman–Crippen MR) is 57.4 cm³/mol. The second kappa shape index (κ2) is 5.37. The lowest BCUT2D eigenvalue weighted by Crippen LogP contribution is -2.03. The number of halogens is 1. The molecule has 0 aliphatic rings. The van der Waals surface area contributed by atoms with Crippen LogP contribution < -0.4 is 0 Å². The van der Waals surface area contributed by atoms with Crippen molar-refractivity contribution in [2.24, 2.45) is 0 Å². The molecule has 0 amide bonds. The molecule has 0 aliphatic heterocycles. The van der Waals surface area contributed by atoms with Crippen molar-refractivity contribution in [2.75, 3.05) is 6.61 Å². The molecule has 6 nitrogen and oxygen atoms in total. The average Bonchev–Trinajstić information content (AvgIpc) is 2.81. The Morgan fingerprint density at radius 2 is 2.39 bits per heavy atom. The zero-order valence-corrected chi connectivity index (χ0v) is 9.21. The number of aromatic nitrogens is 2. The molecule has 2 rings (SSSR count). The highest BCUT2D eigenvalue weighted by Crippen LogP contribution is 2.11. The largest absolute Gasteiger partial charge is 0.397 e. The van der Waals surface area contributed by atoms with Crippen LogP contribution in [-0.4, -0.2) is 28.2 Å². The molecule has 0 aliphatic carbocycles. The number of carbonyl (C=O) groups is 2. The van der Waals surface area contributed by atoms with E-state index in [1.54, 1.807) is 18.3 Å². The summed E-state index contributed by atoms with van der Waals surface area (Å²) in [5.41, 5.74) is 1.24. The average molecular weight is 252 g/mol. The van der Waals surface area contributed by atoms with E-state index in [0.717, 1.165) is 5.56 Å². The Morgan fingerprint density at radius 3 is 3.11 bits per heavy atom. The van der Waals surface area contributed by atoms with Crippen LogP contribution in [0.3, 0.4) is 0 Å². The summed E-state index contributed by atoms with van der Waals surface area (Å²) >= 11 is 0. The molecule has 7 heteroatoms. The van der Waals surface area contributed by atoms with Crippen molar-refractivity contribution >= 4 is 17.9 Å². The number of nitrogens with zero attached hydrogens (tertiary/aromatic N) is 2. The molecule has 0 unspecified atom stereocenters. The van der Waals surface area contributed by atoms with E-state index >= 15 is 0 Å². The zero-order chi connectivity index (χ0) is 13.0. The normalized spacial score (nSPS) is 10.5. The van der Waals surface area contributed by atoms with E-state index in [1.165, 1.54) is 10.6 Å². The molecule has 2 aromatic heterocycles. The van der Waals surface area contributed by atoms with Crippen molar-refractivity contribution in [3.8, 4) is 0 Å². The van der Waals surface area contributed by atoms with Gasteiger partial charge >= 0.3 is 5.97 Å². The number of hydrogen-bond donors (Lipinski definition) is 0. The van der Waals surface area contributed by atoms with E-state index in [4.69, 9.17) is 4.74 Å². The number of imidazole rings is 1. The number of rotatable bonds is 5. The molecule has 18 heavy (non-hydrogen) atoms. The van der Waals surface area contributed by atoms with Gasteiger partial charge in [0, 0.05) is 10.7 Å². The summed E-state index contributed by atoms with van der Waals surface area (Å²) in [6.45, 7) is 0.268. The molecule has 0 spiro atoms. The predicted octanol–water partition coefficient (Wildman–Crippen LogP) is 1.09. The summed E-state index contributed by atoms with van der Waals surface area (Å²) in [7, 11) is 0. The summed E-state index contributed by atoms with van der Waals surface area (Å²) in [6.07, 6.45) is 3.42. The van der Waals surface area contributed by atoms with Crippen LogP contribution in [0.1, 0.15) is 16.1 Å². The topological polar surface area (TPSA) is 69.9 Å². The van der Waals surface area contributed by atoms with Gasteiger partial charge in [-0.25, -0.2) is 14.7 Å². The molecule has 0 N–H and O–H groups in total. The van der Waals surface area contributed by atoms with Crippen molar-refractivity contribution in [3.63, 3.8) is 0 Å². The minimum Gasteiger partial charge on any atom is -0.369 e. The van der Waals surface area contributed by atoms with Crippen LogP contribution >= 0.6 is 0 Å². The third-order valence-corrected chi connectivity index (χ3v) is 2.31. The Kier molecular flexibility index (Phi) is 3.63. The first-order valence-electron chi connectivity index (χ1n) is 5.06. The van der Waals surface area contributed by atoms with Crippen LogP contribution in [-0.2, 0) is 21.1 Å². The van der Waals surface area contributed by atoms with Gasteiger partial charge in [-0.2, -0.15) is 0 Å². The lowest BCUT2D eigenvalue weighted by molar-refractivity contribution is -0.112. The molecule has 2 heterocycles. The summed E-state index contributed by atoms with van der Waals surface area (Å²) < 4.78 is 18.2. The van der Waals surface area contributed by atoms with Crippen molar-refractivity contribution in [1.82, 2.24) is 9.38 Å². The summed E-state index contributed by atoms with van der Waals surface area (Å²) in [5, 5.41) is 0. The summed E-state index contributed by atoms with van der Waals surface area (Å²) in [6, 6.07) is 3.34. The SMILES string of the molecule is O=CCOCc1ccn2c(C(=O)OF)cnc2c1. The zero-order valence-electron chi connectivity index (χ0n) is 9.21. The molecular formula is C11H9FN2O4. The molecule has 0 aromatic carbocycles. The molecule has 0 saturated carbocycles. The molecule has 2 aromatic rings. The van der Waals surface area contributed by atoms with Crippen LogP contribution in [0.25, 0.3) is 5.65 Å². The van der Waals surface area contributed by atoms with Crippen molar-refractivity contribution in [2.45, 2.75) is 6.61 Å². The van der Waals surface area contributed by atoms with E-state index in [-0.39, 0.29) is 18.9 Å². The maximum Gasteiger partial charge on any atom is 0.397 e. The highest BCUT2D eigenvalue weighted by Gasteiger charge is 2.14. The number of ether oxygens (including phenoxy) is 1. The first-order chi connectivity index (χ1) is 8.76. The van der Waals surface area contributed by atoms with Crippen molar-refractivity contribution in [1.29, 1.82) is 0 Å². The van der Waals surface area contributed by atoms with Gasteiger partial charge in [-0.05, 0) is 17.7 Å². The van der Waals surface area contributed by atoms with Gasteiger partial charge in [0.2, 0.25) is 0 Å². The van der Waals surface area contributed by atoms with Crippen LogP contribution in [0.5, 0.6) is 0 Å². The Bertz CT molecular complexity index is 581. The van der Waals surface area contributed by atoms with Gasteiger partial charge in [-0.15, -0.1) is 0 Å². The molecule has 0 fully saturated rings. The summed E-state index contributed by atoms with van der Waals surface area (Å²) in [5.74, 6) is -1.10. The third kappa shape index (κ3) is 2.35. The number of fused-ring (bicyclic) bond motifs is 1. The van der Waals surface area contributed by atoms with Crippen LogP contribution in [0.2, 0.25) is 0 Å². The van der Waals surface area contributed by atoms with E-state index in [2.05, 4.69) is 9.93 Å². The molecule has 0 saturated heterocycles. The minimum absolute atomic E-state index is 0.00661. The van der Waals surface area contributed by atoms with E-state index in [9.17, 15) is 14.1 Å². The molecule has 0 bridgehead atoms. The Hall–Kier alpha value is -2.28. The van der Waals surface area contributed by atoms with Gasteiger partial charge < -0.3 is 9.53 Å². The molecule has 0 radical (unpaired) electrons. The number of hydrogen-bond acceptors (Lipinski definition) is 5. The first-order valence-corrected chi connectivity index (χ1v) is 5.06. The Balaban J connectivity index is 2.25. The third-order valence-electron chi connectivity index (χ3n) is 2.31. The fraction of sp³-hybridized carbons (Fsp3) is 0.182. The Morgan fingerprint density at radius 1 is 1.56 bits per heavy atom. The lowest BCUT2D eigenvalue weighted by atomic mass is 10.3. The standard InChI is InChI=1S/C11H9FN2O4/c12-18-11(16)9-6-13-10-5-8(1-2-14(9)10)7-17-4-3-15/h1-3,5-6H,4,7H2. The van der Waals surface area contributed by atoms with Crippen molar-refractivity contribution < 1.29 is 23.8 Å². The smallest absolute Gasteiger partial charge is 0.369 e. The second-order valence-corrected chi connectivity index (χ2v) is 3.45. The number of pyridine rings is 1. The van der Waals surface area contributed by atoms with Gasteiger partial charge in [0.05, 0.1) is 12.8 Å². The minimum atomic E-state index is -1.10. The van der Waals surface area contributed by atoms with Gasteiger partial charge in [0.1, 0.15) is 18.5 Å². The van der Waals surface area contributed by atoms with Gasteiger partial charge in [0.25, 0.3) is 0 Å². The molecular weight excluding hydrogens is 243 g/mol. The summed E-state index contributed by atoms with van der Waals surface area (Å²) in [4.78, 5) is 28.2. The highest BCUT2D eigenvalue weighted by atomic mass is 19.3. The van der Waals surface area contributed by atoms with Gasteiger partial charge in [-0.3, -0.25) is 4.40 Å². The van der Waals surface area contributed by atoms with Crippen LogP contribution in [0, 0.1) is 0 Å². The molecule has 94 valence electrons. The van der Waals surface area contributed by atoms with Gasteiger partial charge in [-0.1, -0.05) is 0 Å². The van der Waals surface area contributed by atoms with Gasteiger partial charge in [0.15, 0.2) is 5.69 Å². The number of carbonyl (C=O) groups excluding carboxylic acids is 2. The van der Waals surface area contributed by atoms with E-state index in [0.29, 0.717) is 11.9 Å². The highest BCUT2D eigenvalue weighted by molar-refractivity contribution is 5.87. The van der Waals surface area contributed by atoms with Crippen molar-refractivity contribution in [3.05, 3.63) is 35.8 Å². The van der Waals surface area contributed by atoms with Crippen LogP contribution in [0.4, 0.5) is 4.53 Å². The lowest BCUT2D eigenvalue weighted by Gasteiger charge is -2.02. The maximum atomic E-state index is 11.8. The van der Waals surface area contributed by atoms with E-state index in [1.807, 2.05) is 0 Å². The monoisotopic (exact) mass is 252 g/mol. The van der Waals surface area contributed by atoms with Crippen LogP contribution in [0.15, 0.2) is 24.5 Å². The molecule has 0 atom stereocenters. The quantitative estimate of drug-likeness (QED) is 0.588. The van der Waals surface area contributed by atoms with E-state index < -0.39 is 5.97 Å². The maximum absolute atomic E-state index is 11.8. The number of aldehydes is 1. The second-order valence-electron chi connectivity index (χ2n) is 3.45. The fourth-order valence-corrected chi connectivity index (χ4v) is 1.53.